The summed E-state index contributed by atoms with van der Waals surface area (Å²) in [7, 11) is 3.72. The highest BCUT2D eigenvalue weighted by atomic mass is 79.9. The number of nitrogens with one attached hydrogen (secondary N) is 1. The van der Waals surface area contributed by atoms with E-state index in [4.69, 9.17) is 4.74 Å². The summed E-state index contributed by atoms with van der Waals surface area (Å²) in [5.41, 5.74) is 3.76. The number of benzene rings is 2. The molecule has 0 radical (unpaired) electrons. The topological polar surface area (TPSA) is 21.3 Å². The number of hydrogen-bond acceptors (Lipinski definition) is 2. The van der Waals surface area contributed by atoms with Crippen LogP contribution in [0.2, 0.25) is 0 Å². The van der Waals surface area contributed by atoms with Gasteiger partial charge in [-0.15, -0.1) is 0 Å². The van der Waals surface area contributed by atoms with Crippen LogP contribution in [0.3, 0.4) is 0 Å². The predicted molar refractivity (Wildman–Crippen MR) is 87.4 cm³/mol. The quantitative estimate of drug-likeness (QED) is 0.882. The second kappa shape index (κ2) is 6.91. The average molecular weight is 334 g/mol. The zero-order chi connectivity index (χ0) is 14.5. The molecule has 0 aliphatic rings. The Kier molecular flexibility index (Phi) is 5.21. The fourth-order valence-electron chi connectivity index (χ4n) is 2.36. The van der Waals surface area contributed by atoms with Crippen molar-refractivity contribution in [3.8, 4) is 5.75 Å². The van der Waals surface area contributed by atoms with Gasteiger partial charge in [0.05, 0.1) is 7.11 Å². The van der Waals surface area contributed by atoms with Crippen molar-refractivity contribution in [2.24, 2.45) is 0 Å². The molecule has 2 nitrogen and oxygen atoms in total. The molecule has 2 aromatic rings. The smallest absolute Gasteiger partial charge is 0.122 e. The van der Waals surface area contributed by atoms with Gasteiger partial charge in [0.25, 0.3) is 0 Å². The van der Waals surface area contributed by atoms with Gasteiger partial charge in [0.15, 0.2) is 0 Å². The van der Waals surface area contributed by atoms with E-state index < -0.39 is 0 Å². The van der Waals surface area contributed by atoms with Crippen LogP contribution in [0.15, 0.2) is 46.9 Å². The molecule has 2 aromatic carbocycles. The molecule has 0 saturated carbocycles. The summed E-state index contributed by atoms with van der Waals surface area (Å²) in [6, 6.07) is 14.9. The SMILES string of the molecule is CNC(Cc1ccccc1OC)c1ccc(Br)c(C)c1. The normalized spacial score (nSPS) is 12.2. The Hall–Kier alpha value is -1.32. The van der Waals surface area contributed by atoms with Crippen LogP contribution in [0.5, 0.6) is 5.75 Å². The zero-order valence-corrected chi connectivity index (χ0v) is 13.7. The van der Waals surface area contributed by atoms with Gasteiger partial charge in [-0.3, -0.25) is 0 Å². The predicted octanol–water partition coefficient (Wildman–Crippen LogP) is 4.27. The second-order valence-corrected chi connectivity index (χ2v) is 5.72. The number of methoxy groups -OCH3 is 1. The van der Waals surface area contributed by atoms with E-state index in [1.807, 2.05) is 19.2 Å². The summed E-state index contributed by atoms with van der Waals surface area (Å²) in [6.07, 6.45) is 0.904. The standard InChI is InChI=1S/C17H20BrNO/c1-12-10-13(8-9-15(12)18)16(19-2)11-14-6-4-5-7-17(14)20-3/h4-10,16,19H,11H2,1-3H3. The van der Waals surface area contributed by atoms with E-state index in [0.29, 0.717) is 0 Å². The second-order valence-electron chi connectivity index (χ2n) is 4.87. The van der Waals surface area contributed by atoms with Crippen molar-refractivity contribution in [2.75, 3.05) is 14.2 Å². The Morgan fingerprint density at radius 3 is 2.60 bits per heavy atom. The van der Waals surface area contributed by atoms with Crippen LogP contribution >= 0.6 is 15.9 Å². The first-order valence-corrected chi connectivity index (χ1v) is 7.50. The van der Waals surface area contributed by atoms with Crippen molar-refractivity contribution in [2.45, 2.75) is 19.4 Å². The molecule has 0 heterocycles. The van der Waals surface area contributed by atoms with Crippen LogP contribution in [-0.2, 0) is 6.42 Å². The Labute approximate surface area is 129 Å². The third kappa shape index (κ3) is 3.41. The molecule has 1 atom stereocenters. The lowest BCUT2D eigenvalue weighted by atomic mass is 9.97. The molecule has 0 aliphatic heterocycles. The molecule has 1 unspecified atom stereocenters. The number of rotatable bonds is 5. The van der Waals surface area contributed by atoms with Gasteiger partial charge < -0.3 is 10.1 Å². The summed E-state index contributed by atoms with van der Waals surface area (Å²) >= 11 is 3.55. The van der Waals surface area contributed by atoms with Crippen molar-refractivity contribution < 1.29 is 4.74 Å². The van der Waals surface area contributed by atoms with Crippen molar-refractivity contribution in [3.05, 3.63) is 63.6 Å². The molecule has 3 heteroatoms. The van der Waals surface area contributed by atoms with Crippen LogP contribution in [0.4, 0.5) is 0 Å². The molecule has 20 heavy (non-hydrogen) atoms. The first-order chi connectivity index (χ1) is 9.65. The number of halogens is 1. The molecule has 0 aliphatic carbocycles. The minimum Gasteiger partial charge on any atom is -0.496 e. The molecule has 1 N–H and O–H groups in total. The number of ether oxygens (including phenoxy) is 1. The largest absolute Gasteiger partial charge is 0.496 e. The number of likely N-dealkylation sites (N-methyl/N-ethyl adjacent to an activating group) is 1. The van der Waals surface area contributed by atoms with Crippen molar-refractivity contribution in [1.29, 1.82) is 0 Å². The molecular formula is C17H20BrNO. The summed E-state index contributed by atoms with van der Waals surface area (Å²) in [5, 5.41) is 3.39. The van der Waals surface area contributed by atoms with Crippen LogP contribution in [-0.4, -0.2) is 14.2 Å². The molecule has 0 bridgehead atoms. The molecule has 106 valence electrons. The van der Waals surface area contributed by atoms with Gasteiger partial charge in [-0.2, -0.15) is 0 Å². The van der Waals surface area contributed by atoms with E-state index in [1.165, 1.54) is 16.7 Å². The van der Waals surface area contributed by atoms with E-state index >= 15 is 0 Å². The highest BCUT2D eigenvalue weighted by Crippen LogP contribution is 2.27. The van der Waals surface area contributed by atoms with Crippen LogP contribution < -0.4 is 10.1 Å². The van der Waals surface area contributed by atoms with Crippen molar-refractivity contribution in [3.63, 3.8) is 0 Å². The fraction of sp³-hybridized carbons (Fsp3) is 0.294. The van der Waals surface area contributed by atoms with Gasteiger partial charge in [0.2, 0.25) is 0 Å². The zero-order valence-electron chi connectivity index (χ0n) is 12.1. The maximum Gasteiger partial charge on any atom is 0.122 e. The van der Waals surface area contributed by atoms with Gasteiger partial charge in [-0.1, -0.05) is 46.3 Å². The van der Waals surface area contributed by atoms with Crippen molar-refractivity contribution >= 4 is 15.9 Å². The summed E-state index contributed by atoms with van der Waals surface area (Å²) in [5.74, 6) is 0.946. The molecule has 0 saturated heterocycles. The lowest BCUT2D eigenvalue weighted by molar-refractivity contribution is 0.406. The highest BCUT2D eigenvalue weighted by molar-refractivity contribution is 9.10. The van der Waals surface area contributed by atoms with E-state index in [-0.39, 0.29) is 6.04 Å². The Bertz CT molecular complexity index is 583. The minimum absolute atomic E-state index is 0.276. The van der Waals surface area contributed by atoms with E-state index in [0.717, 1.165) is 16.6 Å². The average Bonchev–Trinajstić information content (AvgIpc) is 2.48. The Morgan fingerprint density at radius 1 is 1.20 bits per heavy atom. The maximum absolute atomic E-state index is 5.43. The van der Waals surface area contributed by atoms with Crippen LogP contribution in [0.25, 0.3) is 0 Å². The molecule has 0 amide bonds. The Balaban J connectivity index is 2.26. The molecule has 0 fully saturated rings. The van der Waals surface area contributed by atoms with Crippen LogP contribution in [0.1, 0.15) is 22.7 Å². The molecule has 2 rings (SSSR count). The van der Waals surface area contributed by atoms with Gasteiger partial charge in [0.1, 0.15) is 5.75 Å². The highest BCUT2D eigenvalue weighted by Gasteiger charge is 2.13. The monoisotopic (exact) mass is 333 g/mol. The molecular weight excluding hydrogens is 314 g/mol. The fourth-order valence-corrected chi connectivity index (χ4v) is 2.61. The van der Waals surface area contributed by atoms with E-state index in [9.17, 15) is 0 Å². The number of para-hydroxylation sites is 1. The number of hydrogen-bond donors (Lipinski definition) is 1. The third-order valence-electron chi connectivity index (χ3n) is 3.55. The van der Waals surface area contributed by atoms with Gasteiger partial charge in [0, 0.05) is 10.5 Å². The van der Waals surface area contributed by atoms with Crippen molar-refractivity contribution in [1.82, 2.24) is 5.32 Å². The lowest BCUT2D eigenvalue weighted by Gasteiger charge is -2.19. The lowest BCUT2D eigenvalue weighted by Crippen LogP contribution is -2.19. The van der Waals surface area contributed by atoms with E-state index in [1.54, 1.807) is 7.11 Å². The number of aryl methyl sites for hydroxylation is 1. The summed E-state index contributed by atoms with van der Waals surface area (Å²) in [4.78, 5) is 0. The molecule has 0 aromatic heterocycles. The molecule has 0 spiro atoms. The minimum atomic E-state index is 0.276. The summed E-state index contributed by atoms with van der Waals surface area (Å²) < 4.78 is 6.58. The maximum atomic E-state index is 5.43. The van der Waals surface area contributed by atoms with Gasteiger partial charge in [-0.05, 0) is 49.2 Å². The first kappa shape index (κ1) is 15.1. The Morgan fingerprint density at radius 2 is 1.95 bits per heavy atom. The van der Waals surface area contributed by atoms with Crippen LogP contribution in [0, 0.1) is 6.92 Å². The first-order valence-electron chi connectivity index (χ1n) is 6.71. The third-order valence-corrected chi connectivity index (χ3v) is 4.44. The van der Waals surface area contributed by atoms with E-state index in [2.05, 4.69) is 58.5 Å². The van der Waals surface area contributed by atoms with Gasteiger partial charge in [-0.25, -0.2) is 0 Å². The van der Waals surface area contributed by atoms with Gasteiger partial charge >= 0.3 is 0 Å². The summed E-state index contributed by atoms with van der Waals surface area (Å²) in [6.45, 7) is 2.11.